The number of carboxylic acids is 1. The molecule has 0 aromatic heterocycles. The predicted octanol–water partition coefficient (Wildman–Crippen LogP) is 3.31. The van der Waals surface area contributed by atoms with Gasteiger partial charge in [0, 0.05) is 24.8 Å². The van der Waals surface area contributed by atoms with Gasteiger partial charge < -0.3 is 24.8 Å². The highest BCUT2D eigenvalue weighted by molar-refractivity contribution is 7.99. The first kappa shape index (κ1) is 23.7. The Labute approximate surface area is 208 Å². The number of hydrogen-bond donors (Lipinski definition) is 2. The number of carbonyl (C=O) groups excluding carboxylic acids is 2. The zero-order valence-electron chi connectivity index (χ0n) is 19.3. The van der Waals surface area contributed by atoms with Crippen molar-refractivity contribution in [3.8, 4) is 11.1 Å². The number of thioether (sulfide) groups is 1. The minimum atomic E-state index is -1.01. The number of fused-ring (bicyclic) bond motifs is 3. The van der Waals surface area contributed by atoms with E-state index in [1.807, 2.05) is 24.3 Å². The second-order valence-electron chi connectivity index (χ2n) is 9.24. The lowest BCUT2D eigenvalue weighted by molar-refractivity contribution is -0.157. The molecule has 2 atom stereocenters. The molecule has 2 fully saturated rings. The molecular weight excluding hydrogens is 468 g/mol. The van der Waals surface area contributed by atoms with Crippen molar-refractivity contribution < 1.29 is 29.0 Å². The summed E-state index contributed by atoms with van der Waals surface area (Å²) < 4.78 is 11.2. The fourth-order valence-electron chi connectivity index (χ4n) is 5.28. The van der Waals surface area contributed by atoms with E-state index in [0.29, 0.717) is 31.1 Å². The molecule has 35 heavy (non-hydrogen) atoms. The van der Waals surface area contributed by atoms with Gasteiger partial charge in [0.15, 0.2) is 0 Å². The fourth-order valence-corrected chi connectivity index (χ4v) is 6.42. The van der Waals surface area contributed by atoms with Crippen molar-refractivity contribution in [1.29, 1.82) is 0 Å². The summed E-state index contributed by atoms with van der Waals surface area (Å²) in [5, 5.41) is 12.3. The zero-order chi connectivity index (χ0) is 24.4. The molecule has 2 saturated heterocycles. The summed E-state index contributed by atoms with van der Waals surface area (Å²) in [4.78, 5) is 39.2. The molecule has 0 bridgehead atoms. The second kappa shape index (κ2) is 9.91. The third-order valence-corrected chi connectivity index (χ3v) is 8.13. The molecule has 184 valence electrons. The quantitative estimate of drug-likeness (QED) is 0.632. The Kier molecular flexibility index (Phi) is 6.71. The lowest BCUT2D eigenvalue weighted by Gasteiger charge is -2.39. The van der Waals surface area contributed by atoms with Gasteiger partial charge in [0.05, 0.1) is 17.9 Å². The molecule has 2 amide bonds. The molecule has 9 heteroatoms. The normalized spacial score (nSPS) is 23.4. The monoisotopic (exact) mass is 496 g/mol. The van der Waals surface area contributed by atoms with E-state index in [9.17, 15) is 19.5 Å². The largest absolute Gasteiger partial charge is 0.480 e. The highest BCUT2D eigenvalue weighted by atomic mass is 32.2. The van der Waals surface area contributed by atoms with Gasteiger partial charge in [-0.15, -0.1) is 11.8 Å². The predicted molar refractivity (Wildman–Crippen MR) is 131 cm³/mol. The van der Waals surface area contributed by atoms with Crippen molar-refractivity contribution in [3.63, 3.8) is 0 Å². The van der Waals surface area contributed by atoms with Crippen molar-refractivity contribution in [1.82, 2.24) is 10.2 Å². The molecule has 0 radical (unpaired) electrons. The van der Waals surface area contributed by atoms with Crippen molar-refractivity contribution in [2.24, 2.45) is 5.41 Å². The van der Waals surface area contributed by atoms with Crippen LogP contribution in [0.25, 0.3) is 11.1 Å². The Morgan fingerprint density at radius 1 is 1.11 bits per heavy atom. The molecule has 3 aliphatic rings. The Balaban J connectivity index is 1.25. The number of nitrogens with zero attached hydrogens (tertiary/aromatic N) is 1. The van der Waals surface area contributed by atoms with Crippen LogP contribution in [0.2, 0.25) is 0 Å². The summed E-state index contributed by atoms with van der Waals surface area (Å²) in [7, 11) is 0. The molecule has 5 rings (SSSR count). The Hall–Kier alpha value is -3.04. The van der Waals surface area contributed by atoms with Gasteiger partial charge in [-0.3, -0.25) is 4.79 Å². The van der Waals surface area contributed by atoms with Crippen molar-refractivity contribution in [2.75, 3.05) is 38.0 Å². The molecular formula is C26H28N2O6S. The van der Waals surface area contributed by atoms with E-state index in [1.54, 1.807) is 0 Å². The summed E-state index contributed by atoms with van der Waals surface area (Å²) in [6.45, 7) is 0.900. The van der Waals surface area contributed by atoms with E-state index >= 15 is 0 Å². The number of carbonyl (C=O) groups is 3. The van der Waals surface area contributed by atoms with Crippen LogP contribution in [0.4, 0.5) is 4.79 Å². The summed E-state index contributed by atoms with van der Waals surface area (Å²) in [5.74, 6) is -0.673. The molecule has 2 aliphatic heterocycles. The number of amides is 2. The Bertz CT molecular complexity index is 1090. The van der Waals surface area contributed by atoms with Crippen LogP contribution in [-0.2, 0) is 19.1 Å². The summed E-state index contributed by atoms with van der Waals surface area (Å²) in [6.07, 6.45) is 0.579. The molecule has 1 unspecified atom stereocenters. The SMILES string of the molecule is O=C(NCC1(C(=O)N2CSC[C@H]2C(=O)O)CCCOC1)OCC1c2ccccc2-c2ccccc21. The lowest BCUT2D eigenvalue weighted by Crippen LogP contribution is -2.56. The number of alkyl carbamates (subject to hydrolysis) is 1. The average molecular weight is 497 g/mol. The molecule has 8 nitrogen and oxygen atoms in total. The van der Waals surface area contributed by atoms with E-state index in [1.165, 1.54) is 16.7 Å². The second-order valence-corrected chi connectivity index (χ2v) is 10.2. The van der Waals surface area contributed by atoms with Crippen molar-refractivity contribution >= 4 is 29.7 Å². The van der Waals surface area contributed by atoms with E-state index in [-0.39, 0.29) is 31.6 Å². The first-order chi connectivity index (χ1) is 17.0. The zero-order valence-corrected chi connectivity index (χ0v) is 20.1. The van der Waals surface area contributed by atoms with E-state index in [0.717, 1.165) is 22.3 Å². The van der Waals surface area contributed by atoms with E-state index in [2.05, 4.69) is 29.6 Å². The smallest absolute Gasteiger partial charge is 0.407 e. The molecule has 0 spiro atoms. The first-order valence-corrected chi connectivity index (χ1v) is 12.9. The highest BCUT2D eigenvalue weighted by Crippen LogP contribution is 2.44. The van der Waals surface area contributed by atoms with Crippen LogP contribution in [0.3, 0.4) is 0 Å². The number of benzene rings is 2. The maximum atomic E-state index is 13.5. The Morgan fingerprint density at radius 3 is 2.43 bits per heavy atom. The summed E-state index contributed by atoms with van der Waals surface area (Å²) in [6, 6.07) is 15.4. The lowest BCUT2D eigenvalue weighted by atomic mass is 9.80. The van der Waals surface area contributed by atoms with Crippen molar-refractivity contribution in [2.45, 2.75) is 24.8 Å². The minimum absolute atomic E-state index is 0.0377. The number of aliphatic carboxylic acids is 1. The van der Waals surface area contributed by atoms with Gasteiger partial charge in [0.1, 0.15) is 12.6 Å². The highest BCUT2D eigenvalue weighted by Gasteiger charge is 2.47. The van der Waals surface area contributed by atoms with Crippen LogP contribution in [0, 0.1) is 5.41 Å². The topological polar surface area (TPSA) is 105 Å². The molecule has 0 saturated carbocycles. The molecule has 1 aliphatic carbocycles. The number of rotatable bonds is 6. The van der Waals surface area contributed by atoms with Crippen LogP contribution in [0.1, 0.15) is 29.9 Å². The van der Waals surface area contributed by atoms with Gasteiger partial charge in [-0.25, -0.2) is 9.59 Å². The Morgan fingerprint density at radius 2 is 1.80 bits per heavy atom. The molecule has 2 aromatic rings. The number of nitrogens with one attached hydrogen (secondary N) is 1. The first-order valence-electron chi connectivity index (χ1n) is 11.8. The van der Waals surface area contributed by atoms with Crippen molar-refractivity contribution in [3.05, 3.63) is 59.7 Å². The number of carboxylic acid groups (broad SMARTS) is 1. The average Bonchev–Trinajstić information content (AvgIpc) is 3.50. The maximum Gasteiger partial charge on any atom is 0.407 e. The van der Waals surface area contributed by atoms with Crippen LogP contribution in [-0.4, -0.2) is 72.0 Å². The van der Waals surface area contributed by atoms with Gasteiger partial charge in [-0.1, -0.05) is 48.5 Å². The summed E-state index contributed by atoms with van der Waals surface area (Å²) >= 11 is 1.42. The van der Waals surface area contributed by atoms with Crippen LogP contribution < -0.4 is 5.32 Å². The number of hydrogen-bond acceptors (Lipinski definition) is 6. The van der Waals surface area contributed by atoms with Gasteiger partial charge >= 0.3 is 12.1 Å². The van der Waals surface area contributed by atoms with Gasteiger partial charge in [-0.2, -0.15) is 0 Å². The van der Waals surface area contributed by atoms with Crippen LogP contribution >= 0.6 is 11.8 Å². The minimum Gasteiger partial charge on any atom is -0.480 e. The third-order valence-electron chi connectivity index (χ3n) is 7.12. The third kappa shape index (κ3) is 4.50. The van der Waals surface area contributed by atoms with Gasteiger partial charge in [-0.05, 0) is 35.1 Å². The van der Waals surface area contributed by atoms with Crippen LogP contribution in [0.5, 0.6) is 0 Å². The fraction of sp³-hybridized carbons (Fsp3) is 0.423. The van der Waals surface area contributed by atoms with E-state index in [4.69, 9.17) is 9.47 Å². The van der Waals surface area contributed by atoms with Crippen LogP contribution in [0.15, 0.2) is 48.5 Å². The molecule has 2 N–H and O–H groups in total. The molecule has 2 aromatic carbocycles. The van der Waals surface area contributed by atoms with E-state index < -0.39 is 23.5 Å². The molecule has 2 heterocycles. The van der Waals surface area contributed by atoms with Gasteiger partial charge in [0.25, 0.3) is 0 Å². The number of ether oxygens (including phenoxy) is 2. The van der Waals surface area contributed by atoms with Gasteiger partial charge in [0.2, 0.25) is 5.91 Å². The summed E-state index contributed by atoms with van der Waals surface area (Å²) in [5.41, 5.74) is 3.55. The standard InChI is InChI=1S/C26H28N2O6S/c29-23(30)22-13-35-16-28(22)24(31)26(10-5-11-33-15-26)14-27-25(32)34-12-21-19-8-3-1-6-17(19)18-7-2-4-9-20(18)21/h1-4,6-9,21-22H,5,10-16H2,(H,27,32)(H,29,30)/t22-,26?/m0/s1. The maximum absolute atomic E-state index is 13.5.